The highest BCUT2D eigenvalue weighted by molar-refractivity contribution is 7.80. The molecule has 27 heavy (non-hydrogen) atoms. The van der Waals surface area contributed by atoms with E-state index in [-0.39, 0.29) is 37.1 Å². The Labute approximate surface area is 169 Å². The molecule has 0 unspecified atom stereocenters. The Bertz CT molecular complexity index is 1030. The van der Waals surface area contributed by atoms with E-state index in [9.17, 15) is 14.4 Å². The van der Waals surface area contributed by atoms with Crippen LogP contribution in [-0.2, 0) is 19.9 Å². The second-order valence-electron chi connectivity index (χ2n) is 7.34. The van der Waals surface area contributed by atoms with Crippen LogP contribution in [0.15, 0.2) is 18.2 Å². The molecule has 8 heteroatoms. The Balaban J connectivity index is 1.84. The minimum Gasteiger partial charge on any atom is -0.300 e. The van der Waals surface area contributed by atoms with Crippen LogP contribution in [0.2, 0.25) is 0 Å². The Morgan fingerprint density at radius 3 is 2.52 bits per heavy atom. The predicted octanol–water partition coefficient (Wildman–Crippen LogP) is 4.25. The molecule has 1 saturated heterocycles. The summed E-state index contributed by atoms with van der Waals surface area (Å²) in [5.41, 5.74) is 3.16. The number of fused-ring (bicyclic) bond motifs is 3. The van der Waals surface area contributed by atoms with Crippen molar-refractivity contribution in [3.05, 3.63) is 32.5 Å². The van der Waals surface area contributed by atoms with Crippen molar-refractivity contribution in [2.45, 2.75) is 39.2 Å². The third-order valence-electron chi connectivity index (χ3n) is 5.11. The second kappa shape index (κ2) is 6.32. The highest BCUT2D eigenvalue weighted by atomic mass is 32.9. The van der Waals surface area contributed by atoms with Crippen molar-refractivity contribution in [1.29, 1.82) is 0 Å². The van der Waals surface area contributed by atoms with Crippen LogP contribution in [0.4, 0.5) is 5.69 Å². The SMILES string of the molecule is Cc1ccc2c(c1)N(C(=O)CN1C(=O)CCC1=O)C(C)(C)c1ssc(=S)c1-2. The minimum atomic E-state index is -0.614. The standard InChI is InChI=1S/C19H18N2O3S3/c1-10-4-5-11-12(8-10)21(15(24)9-20-13(22)6-7-14(20)23)19(2,3)17-16(11)18(25)27-26-17/h4-5,8H,6-7,9H2,1-3H3. The summed E-state index contributed by atoms with van der Waals surface area (Å²) in [4.78, 5) is 41.1. The summed E-state index contributed by atoms with van der Waals surface area (Å²) in [6.07, 6.45) is 0.364. The lowest BCUT2D eigenvalue weighted by atomic mass is 9.87. The molecular formula is C19H18N2O3S3. The van der Waals surface area contributed by atoms with Crippen molar-refractivity contribution in [2.24, 2.45) is 0 Å². The number of benzene rings is 1. The molecule has 5 nitrogen and oxygen atoms in total. The lowest BCUT2D eigenvalue weighted by Crippen LogP contribution is -2.52. The van der Waals surface area contributed by atoms with Gasteiger partial charge >= 0.3 is 0 Å². The summed E-state index contributed by atoms with van der Waals surface area (Å²) in [6.45, 7) is 5.73. The van der Waals surface area contributed by atoms with Crippen LogP contribution >= 0.6 is 32.9 Å². The lowest BCUT2D eigenvalue weighted by molar-refractivity contribution is -0.142. The zero-order chi connectivity index (χ0) is 19.5. The van der Waals surface area contributed by atoms with Gasteiger partial charge in [0.05, 0.1) is 16.1 Å². The molecule has 3 amide bonds. The zero-order valence-corrected chi connectivity index (χ0v) is 17.6. The summed E-state index contributed by atoms with van der Waals surface area (Å²) in [5.74, 6) is -0.815. The zero-order valence-electron chi connectivity index (χ0n) is 15.2. The topological polar surface area (TPSA) is 57.7 Å². The maximum absolute atomic E-state index is 13.3. The Morgan fingerprint density at radius 2 is 1.85 bits per heavy atom. The van der Waals surface area contributed by atoms with E-state index in [4.69, 9.17) is 12.2 Å². The number of nitrogens with zero attached hydrogens (tertiary/aromatic N) is 2. The van der Waals surface area contributed by atoms with E-state index in [0.717, 1.165) is 36.0 Å². The van der Waals surface area contributed by atoms with E-state index >= 15 is 0 Å². The number of carbonyl (C=O) groups excluding carboxylic acids is 3. The maximum Gasteiger partial charge on any atom is 0.247 e. The summed E-state index contributed by atoms with van der Waals surface area (Å²) in [7, 11) is 3.13. The Hall–Kier alpha value is -1.90. The molecule has 0 bridgehead atoms. The highest BCUT2D eigenvalue weighted by Gasteiger charge is 2.44. The first-order chi connectivity index (χ1) is 12.7. The fraction of sp³-hybridized carbons (Fsp3) is 0.368. The number of carbonyl (C=O) groups is 3. The van der Waals surface area contributed by atoms with Crippen LogP contribution in [0.5, 0.6) is 0 Å². The van der Waals surface area contributed by atoms with E-state index in [1.54, 1.807) is 15.2 Å². The van der Waals surface area contributed by atoms with Gasteiger partial charge in [-0.15, -0.1) is 0 Å². The third kappa shape index (κ3) is 2.78. The van der Waals surface area contributed by atoms with Crippen molar-refractivity contribution in [2.75, 3.05) is 11.4 Å². The number of rotatable bonds is 2. The van der Waals surface area contributed by atoms with Gasteiger partial charge < -0.3 is 0 Å². The molecule has 2 aliphatic heterocycles. The van der Waals surface area contributed by atoms with E-state index in [0.29, 0.717) is 0 Å². The van der Waals surface area contributed by atoms with Gasteiger partial charge in [0.2, 0.25) is 17.7 Å². The highest BCUT2D eigenvalue weighted by Crippen LogP contribution is 2.52. The number of hydrogen-bond donors (Lipinski definition) is 0. The summed E-state index contributed by atoms with van der Waals surface area (Å²) in [5, 5.41) is 0. The van der Waals surface area contributed by atoms with Crippen molar-refractivity contribution < 1.29 is 14.4 Å². The number of amides is 3. The van der Waals surface area contributed by atoms with Gasteiger partial charge in [-0.25, -0.2) is 0 Å². The molecule has 0 N–H and O–H groups in total. The first-order valence-corrected chi connectivity index (χ1v) is 11.2. The van der Waals surface area contributed by atoms with Gasteiger partial charge in [-0.05, 0) is 32.4 Å². The van der Waals surface area contributed by atoms with Crippen molar-refractivity contribution in [3.63, 3.8) is 0 Å². The van der Waals surface area contributed by atoms with Crippen LogP contribution in [0.1, 0.15) is 37.1 Å². The average molecular weight is 419 g/mol. The lowest BCUT2D eigenvalue weighted by Gasteiger charge is -2.43. The molecule has 0 spiro atoms. The maximum atomic E-state index is 13.3. The summed E-state index contributed by atoms with van der Waals surface area (Å²) >= 11 is 5.56. The predicted molar refractivity (Wildman–Crippen MR) is 110 cm³/mol. The largest absolute Gasteiger partial charge is 0.300 e. The normalized spacial score (nSPS) is 17.9. The molecule has 0 aliphatic carbocycles. The number of anilines is 1. The minimum absolute atomic E-state index is 0.182. The van der Waals surface area contributed by atoms with Crippen LogP contribution in [0, 0.1) is 10.7 Å². The molecule has 1 aromatic carbocycles. The van der Waals surface area contributed by atoms with Crippen LogP contribution in [-0.4, -0.2) is 29.2 Å². The first kappa shape index (κ1) is 18.5. The van der Waals surface area contributed by atoms with E-state index in [1.807, 2.05) is 39.0 Å². The van der Waals surface area contributed by atoms with E-state index < -0.39 is 5.54 Å². The molecule has 140 valence electrons. The summed E-state index contributed by atoms with van der Waals surface area (Å²) in [6, 6.07) is 5.98. The van der Waals surface area contributed by atoms with Gasteiger partial charge in [-0.1, -0.05) is 45.0 Å². The van der Waals surface area contributed by atoms with E-state index in [1.165, 1.54) is 10.3 Å². The number of aryl methyl sites for hydroxylation is 1. The third-order valence-corrected chi connectivity index (χ3v) is 8.44. The van der Waals surface area contributed by atoms with Crippen molar-refractivity contribution in [1.82, 2.24) is 4.90 Å². The molecule has 2 aliphatic rings. The van der Waals surface area contributed by atoms with Gasteiger partial charge in [0, 0.05) is 24.0 Å². The molecular weight excluding hydrogens is 400 g/mol. The number of hydrogen-bond acceptors (Lipinski definition) is 6. The van der Waals surface area contributed by atoms with E-state index in [2.05, 4.69) is 0 Å². The van der Waals surface area contributed by atoms with Gasteiger partial charge in [-0.3, -0.25) is 24.2 Å². The Kier molecular flexibility index (Phi) is 4.32. The van der Waals surface area contributed by atoms with Gasteiger partial charge in [0.1, 0.15) is 10.4 Å². The molecule has 1 fully saturated rings. The average Bonchev–Trinajstić information content (AvgIpc) is 3.13. The van der Waals surface area contributed by atoms with Gasteiger partial charge in [0.15, 0.2) is 0 Å². The quantitative estimate of drug-likeness (QED) is 0.416. The summed E-state index contributed by atoms with van der Waals surface area (Å²) < 4.78 is 0.824. The monoisotopic (exact) mass is 418 g/mol. The first-order valence-electron chi connectivity index (χ1n) is 8.62. The Morgan fingerprint density at radius 1 is 1.19 bits per heavy atom. The molecule has 2 aromatic rings. The van der Waals surface area contributed by atoms with Crippen LogP contribution < -0.4 is 4.90 Å². The molecule has 0 atom stereocenters. The van der Waals surface area contributed by atoms with Crippen LogP contribution in [0.25, 0.3) is 11.1 Å². The van der Waals surface area contributed by atoms with Gasteiger partial charge in [-0.2, -0.15) is 0 Å². The molecule has 3 heterocycles. The number of likely N-dealkylation sites (tertiary alicyclic amines) is 1. The second-order valence-corrected chi connectivity index (χ2v) is 10.2. The van der Waals surface area contributed by atoms with Crippen LogP contribution in [0.3, 0.4) is 0 Å². The van der Waals surface area contributed by atoms with Crippen molar-refractivity contribution in [3.8, 4) is 11.1 Å². The fourth-order valence-electron chi connectivity index (χ4n) is 3.79. The molecule has 0 radical (unpaired) electrons. The molecule has 1 aromatic heterocycles. The fourth-order valence-corrected chi connectivity index (χ4v) is 7.07. The van der Waals surface area contributed by atoms with Gasteiger partial charge in [0.25, 0.3) is 0 Å². The molecule has 0 saturated carbocycles. The molecule has 4 rings (SSSR count). The number of imide groups is 1. The smallest absolute Gasteiger partial charge is 0.247 e. The van der Waals surface area contributed by atoms with Crippen molar-refractivity contribution >= 4 is 56.3 Å².